The predicted octanol–water partition coefficient (Wildman–Crippen LogP) is 0.310. The molecule has 0 saturated carbocycles. The van der Waals surface area contributed by atoms with Crippen molar-refractivity contribution in [1.29, 1.82) is 0 Å². The highest BCUT2D eigenvalue weighted by atomic mass is 35.5. The van der Waals surface area contributed by atoms with Crippen LogP contribution in [0.3, 0.4) is 0 Å². The smallest absolute Gasteiger partial charge is 0.255 e. The van der Waals surface area contributed by atoms with Crippen molar-refractivity contribution < 1.29 is 14.6 Å². The van der Waals surface area contributed by atoms with E-state index in [0.29, 0.717) is 48.0 Å². The molecule has 0 radical (unpaired) electrons. The van der Waals surface area contributed by atoms with Crippen molar-refractivity contribution >= 4 is 23.2 Å². The Morgan fingerprint density at radius 3 is 3.14 bits per heavy atom. The van der Waals surface area contributed by atoms with Gasteiger partial charge >= 0.3 is 0 Å². The molecule has 2 aliphatic heterocycles. The summed E-state index contributed by atoms with van der Waals surface area (Å²) in [5.41, 5.74) is 7.56. The van der Waals surface area contributed by atoms with Gasteiger partial charge in [0.05, 0.1) is 35.0 Å². The van der Waals surface area contributed by atoms with E-state index < -0.39 is 6.10 Å². The van der Waals surface area contributed by atoms with E-state index >= 15 is 0 Å². The maximum Gasteiger partial charge on any atom is 0.255 e. The van der Waals surface area contributed by atoms with Crippen molar-refractivity contribution in [1.82, 2.24) is 10.6 Å². The van der Waals surface area contributed by atoms with Gasteiger partial charge in [-0.2, -0.15) is 0 Å². The first kappa shape index (κ1) is 14.4. The lowest BCUT2D eigenvalue weighted by molar-refractivity contribution is 0.0763. The van der Waals surface area contributed by atoms with Crippen LogP contribution in [0.4, 0.5) is 5.69 Å². The fraction of sp³-hybridized carbons (Fsp3) is 0.500. The summed E-state index contributed by atoms with van der Waals surface area (Å²) in [5.74, 6) is 0.221. The van der Waals surface area contributed by atoms with Crippen molar-refractivity contribution in [2.24, 2.45) is 0 Å². The lowest BCUT2D eigenvalue weighted by Gasteiger charge is -2.29. The van der Waals surface area contributed by atoms with Crippen LogP contribution in [-0.2, 0) is 6.42 Å². The molecule has 2 atom stereocenters. The Balaban J connectivity index is 1.85. The van der Waals surface area contributed by atoms with E-state index in [1.165, 1.54) is 6.07 Å². The van der Waals surface area contributed by atoms with Gasteiger partial charge in [0.2, 0.25) is 0 Å². The largest absolute Gasteiger partial charge is 0.492 e. The number of nitrogens with one attached hydrogen (secondary N) is 2. The number of anilines is 1. The number of carbonyl (C=O) groups excluding carboxylic acids is 1. The number of hydrogen-bond donors (Lipinski definition) is 4. The molecule has 7 heteroatoms. The van der Waals surface area contributed by atoms with Crippen LogP contribution in [-0.4, -0.2) is 42.9 Å². The third kappa shape index (κ3) is 2.66. The van der Waals surface area contributed by atoms with Gasteiger partial charge in [-0.3, -0.25) is 4.79 Å². The van der Waals surface area contributed by atoms with Crippen LogP contribution in [0.1, 0.15) is 22.3 Å². The fourth-order valence-electron chi connectivity index (χ4n) is 2.79. The molecule has 1 saturated heterocycles. The molecule has 0 aromatic heterocycles. The Labute approximate surface area is 127 Å². The summed E-state index contributed by atoms with van der Waals surface area (Å²) in [6, 6.07) is 1.26. The first-order valence-electron chi connectivity index (χ1n) is 7.01. The zero-order valence-electron chi connectivity index (χ0n) is 11.5. The first-order chi connectivity index (χ1) is 10.1. The molecule has 1 aromatic rings. The quantitative estimate of drug-likeness (QED) is 0.590. The van der Waals surface area contributed by atoms with Crippen molar-refractivity contribution in [3.8, 4) is 5.75 Å². The van der Waals surface area contributed by atoms with Crippen molar-refractivity contribution in [2.75, 3.05) is 25.4 Å². The van der Waals surface area contributed by atoms with Crippen LogP contribution < -0.4 is 21.1 Å². The van der Waals surface area contributed by atoms with E-state index in [0.717, 1.165) is 12.1 Å². The van der Waals surface area contributed by atoms with Crippen molar-refractivity contribution in [3.63, 3.8) is 0 Å². The van der Waals surface area contributed by atoms with Crippen LogP contribution in [0, 0.1) is 0 Å². The minimum absolute atomic E-state index is 0.271. The topological polar surface area (TPSA) is 96.6 Å². The highest BCUT2D eigenvalue weighted by Crippen LogP contribution is 2.38. The number of amides is 1. The van der Waals surface area contributed by atoms with E-state index in [-0.39, 0.29) is 11.9 Å². The van der Waals surface area contributed by atoms with E-state index in [2.05, 4.69) is 10.6 Å². The number of nitrogens with two attached hydrogens (primary N) is 1. The normalized spacial score (nSPS) is 24.3. The summed E-state index contributed by atoms with van der Waals surface area (Å²) in [5, 5.41) is 16.2. The van der Waals surface area contributed by atoms with Crippen LogP contribution in [0.2, 0.25) is 5.02 Å². The van der Waals surface area contributed by atoms with E-state index in [1.807, 2.05) is 0 Å². The third-order valence-corrected chi connectivity index (χ3v) is 4.29. The van der Waals surface area contributed by atoms with Crippen molar-refractivity contribution in [2.45, 2.75) is 25.0 Å². The minimum Gasteiger partial charge on any atom is -0.492 e. The molecule has 3 rings (SSSR count). The monoisotopic (exact) mass is 311 g/mol. The van der Waals surface area contributed by atoms with E-state index in [4.69, 9.17) is 22.1 Å². The van der Waals surface area contributed by atoms with Gasteiger partial charge in [0, 0.05) is 18.5 Å². The Morgan fingerprint density at radius 2 is 2.38 bits per heavy atom. The standard InChI is InChI=1S/C14H18ClN3O3/c15-9-5-8(13-7(12(9)16)2-4-21-13)14(20)18-10-1-3-17-6-11(10)19/h5,10-11,17,19H,1-4,6,16H2,(H,18,20)/t10-,11+/m0/s1. The number of carbonyl (C=O) groups is 1. The summed E-state index contributed by atoms with van der Waals surface area (Å²) in [4.78, 5) is 12.5. The van der Waals surface area contributed by atoms with Gasteiger partial charge in [0.25, 0.3) is 5.91 Å². The number of fused-ring (bicyclic) bond motifs is 1. The molecule has 2 aliphatic rings. The molecule has 1 amide bonds. The Kier molecular flexibility index (Phi) is 3.93. The van der Waals surface area contributed by atoms with Gasteiger partial charge in [-0.25, -0.2) is 0 Å². The second kappa shape index (κ2) is 5.71. The molecule has 0 aliphatic carbocycles. The summed E-state index contributed by atoms with van der Waals surface area (Å²) in [6.07, 6.45) is 0.734. The molecule has 1 aromatic carbocycles. The van der Waals surface area contributed by atoms with E-state index in [9.17, 15) is 9.90 Å². The van der Waals surface area contributed by atoms with Crippen LogP contribution in [0.15, 0.2) is 6.07 Å². The molecule has 5 N–H and O–H groups in total. The van der Waals surface area contributed by atoms with Gasteiger partial charge in [0.1, 0.15) is 5.75 Å². The zero-order valence-corrected chi connectivity index (χ0v) is 12.2. The van der Waals surface area contributed by atoms with Gasteiger partial charge in [-0.1, -0.05) is 11.6 Å². The van der Waals surface area contributed by atoms with Crippen molar-refractivity contribution in [3.05, 3.63) is 22.2 Å². The fourth-order valence-corrected chi connectivity index (χ4v) is 3.02. The molecule has 1 fully saturated rings. The molecular formula is C14H18ClN3O3. The molecule has 6 nitrogen and oxygen atoms in total. The molecular weight excluding hydrogens is 294 g/mol. The van der Waals surface area contributed by atoms with Crippen LogP contribution in [0.25, 0.3) is 0 Å². The predicted molar refractivity (Wildman–Crippen MR) is 79.8 cm³/mol. The van der Waals surface area contributed by atoms with Gasteiger partial charge < -0.3 is 26.2 Å². The molecule has 2 heterocycles. The number of piperidine rings is 1. The van der Waals surface area contributed by atoms with Gasteiger partial charge in [-0.15, -0.1) is 0 Å². The number of halogens is 1. The number of ether oxygens (including phenoxy) is 1. The molecule has 114 valence electrons. The highest BCUT2D eigenvalue weighted by molar-refractivity contribution is 6.33. The number of aliphatic hydroxyl groups excluding tert-OH is 1. The molecule has 21 heavy (non-hydrogen) atoms. The van der Waals surface area contributed by atoms with Gasteiger partial charge in [0.15, 0.2) is 0 Å². The number of benzene rings is 1. The number of aliphatic hydroxyl groups is 1. The van der Waals surface area contributed by atoms with Crippen LogP contribution >= 0.6 is 11.6 Å². The van der Waals surface area contributed by atoms with Crippen LogP contribution in [0.5, 0.6) is 5.75 Å². The maximum absolute atomic E-state index is 12.5. The first-order valence-corrected chi connectivity index (χ1v) is 7.39. The molecule has 0 bridgehead atoms. The Bertz CT molecular complexity index is 579. The molecule has 0 spiro atoms. The zero-order chi connectivity index (χ0) is 15.0. The molecule has 0 unspecified atom stereocenters. The Hall–Kier alpha value is -1.50. The summed E-state index contributed by atoms with van der Waals surface area (Å²) in [7, 11) is 0. The highest BCUT2D eigenvalue weighted by Gasteiger charge is 2.29. The summed E-state index contributed by atoms with van der Waals surface area (Å²) >= 11 is 6.09. The van der Waals surface area contributed by atoms with Gasteiger partial charge in [-0.05, 0) is 19.0 Å². The lowest BCUT2D eigenvalue weighted by Crippen LogP contribution is -2.52. The average Bonchev–Trinajstić information content (AvgIpc) is 2.95. The summed E-state index contributed by atoms with van der Waals surface area (Å²) < 4.78 is 5.53. The second-order valence-corrected chi connectivity index (χ2v) is 5.77. The Morgan fingerprint density at radius 1 is 1.57 bits per heavy atom. The minimum atomic E-state index is -0.596. The summed E-state index contributed by atoms with van der Waals surface area (Å²) in [6.45, 7) is 1.73. The average molecular weight is 312 g/mol. The third-order valence-electron chi connectivity index (χ3n) is 3.98. The number of β-amino-alcohol motifs (C(OH)–C–C–N with tert-alkyl or cyclic N) is 1. The SMILES string of the molecule is Nc1c(Cl)cc(C(=O)N[C@H]2CCNC[C@H]2O)c2c1CCO2. The number of rotatable bonds is 2. The maximum atomic E-state index is 12.5. The number of hydrogen-bond acceptors (Lipinski definition) is 5. The van der Waals surface area contributed by atoms with E-state index in [1.54, 1.807) is 0 Å². The second-order valence-electron chi connectivity index (χ2n) is 5.37. The lowest BCUT2D eigenvalue weighted by atomic mass is 10.0. The number of nitrogen functional groups attached to an aromatic ring is 1.